The highest BCUT2D eigenvalue weighted by Gasteiger charge is 2.07. The minimum atomic E-state index is 0.680. The monoisotopic (exact) mass is 242 g/mol. The Labute approximate surface area is 102 Å². The lowest BCUT2D eigenvalue weighted by Crippen LogP contribution is -1.93. The number of aromatic amines is 1. The Hall–Kier alpha value is -2.01. The van der Waals surface area contributed by atoms with Gasteiger partial charge < -0.3 is 0 Å². The second-order valence-electron chi connectivity index (χ2n) is 3.58. The molecule has 3 aromatic heterocycles. The topological polar surface area (TPSA) is 54.5 Å². The summed E-state index contributed by atoms with van der Waals surface area (Å²) in [5, 5.41) is 9.17. The average molecular weight is 242 g/mol. The molecule has 0 aliphatic heterocycles. The Balaban J connectivity index is 1.82. The van der Waals surface area contributed by atoms with Crippen molar-refractivity contribution >= 4 is 11.3 Å². The predicted molar refractivity (Wildman–Crippen MR) is 66.7 cm³/mol. The zero-order valence-corrected chi connectivity index (χ0v) is 9.81. The smallest absolute Gasteiger partial charge is 0.191 e. The molecule has 84 valence electrons. The predicted octanol–water partition coefficient (Wildman–Crippen LogP) is 2.52. The zero-order chi connectivity index (χ0) is 11.5. The maximum Gasteiger partial charge on any atom is 0.191 e. The summed E-state index contributed by atoms with van der Waals surface area (Å²) >= 11 is 1.64. The maximum absolute atomic E-state index is 4.45. The van der Waals surface area contributed by atoms with Crippen molar-refractivity contribution in [2.45, 2.75) is 6.42 Å². The number of pyridine rings is 1. The fraction of sp³-hybridized carbons (Fsp3) is 0.0833. The molecule has 3 heterocycles. The van der Waals surface area contributed by atoms with Gasteiger partial charge in [-0.3, -0.25) is 10.1 Å². The van der Waals surface area contributed by atoms with E-state index in [2.05, 4.69) is 20.2 Å². The van der Waals surface area contributed by atoms with Crippen LogP contribution in [-0.4, -0.2) is 20.2 Å². The third kappa shape index (κ3) is 2.24. The summed E-state index contributed by atoms with van der Waals surface area (Å²) in [6, 6.07) is 9.86. The molecule has 0 radical (unpaired) electrons. The van der Waals surface area contributed by atoms with Crippen LogP contribution >= 0.6 is 11.3 Å². The van der Waals surface area contributed by atoms with Gasteiger partial charge in [-0.1, -0.05) is 12.1 Å². The van der Waals surface area contributed by atoms with Crippen LogP contribution in [0.5, 0.6) is 0 Å². The van der Waals surface area contributed by atoms with Crippen LogP contribution in [0.1, 0.15) is 11.5 Å². The summed E-state index contributed by atoms with van der Waals surface area (Å²) < 4.78 is 0. The van der Waals surface area contributed by atoms with E-state index in [-0.39, 0.29) is 0 Å². The van der Waals surface area contributed by atoms with E-state index in [1.165, 1.54) is 0 Å². The van der Waals surface area contributed by atoms with Gasteiger partial charge in [-0.25, -0.2) is 4.98 Å². The number of hydrogen-bond donors (Lipinski definition) is 1. The average Bonchev–Trinajstić information content (AvgIpc) is 3.00. The van der Waals surface area contributed by atoms with E-state index in [0.29, 0.717) is 6.42 Å². The lowest BCUT2D eigenvalue weighted by Gasteiger charge is -1.94. The van der Waals surface area contributed by atoms with E-state index in [1.54, 1.807) is 17.5 Å². The first-order chi connectivity index (χ1) is 8.42. The van der Waals surface area contributed by atoms with Crippen LogP contribution in [-0.2, 0) is 6.42 Å². The highest BCUT2D eigenvalue weighted by molar-refractivity contribution is 7.13. The summed E-state index contributed by atoms with van der Waals surface area (Å²) in [6.07, 6.45) is 2.46. The molecule has 0 aromatic carbocycles. The van der Waals surface area contributed by atoms with Crippen LogP contribution < -0.4 is 0 Å². The van der Waals surface area contributed by atoms with Crippen molar-refractivity contribution in [3.8, 4) is 10.7 Å². The van der Waals surface area contributed by atoms with Gasteiger partial charge in [0.15, 0.2) is 5.82 Å². The summed E-state index contributed by atoms with van der Waals surface area (Å²) in [7, 11) is 0. The van der Waals surface area contributed by atoms with Crippen LogP contribution in [0.25, 0.3) is 10.7 Å². The quantitative estimate of drug-likeness (QED) is 0.767. The van der Waals surface area contributed by atoms with Crippen molar-refractivity contribution in [1.82, 2.24) is 20.2 Å². The van der Waals surface area contributed by atoms with E-state index in [0.717, 1.165) is 22.2 Å². The van der Waals surface area contributed by atoms with Gasteiger partial charge in [-0.15, -0.1) is 11.3 Å². The maximum atomic E-state index is 4.45. The molecular weight excluding hydrogens is 232 g/mol. The molecule has 0 bridgehead atoms. The molecule has 0 amide bonds. The van der Waals surface area contributed by atoms with E-state index < -0.39 is 0 Å². The molecule has 0 spiro atoms. The van der Waals surface area contributed by atoms with Crippen LogP contribution in [0.3, 0.4) is 0 Å². The van der Waals surface area contributed by atoms with Gasteiger partial charge >= 0.3 is 0 Å². The third-order valence-electron chi connectivity index (χ3n) is 2.35. The number of nitrogens with zero attached hydrogens (tertiary/aromatic N) is 3. The van der Waals surface area contributed by atoms with Gasteiger partial charge in [0.2, 0.25) is 0 Å². The van der Waals surface area contributed by atoms with Crippen LogP contribution in [0.2, 0.25) is 0 Å². The lowest BCUT2D eigenvalue weighted by atomic mass is 10.2. The number of nitrogens with one attached hydrogen (secondary N) is 1. The molecule has 17 heavy (non-hydrogen) atoms. The number of thiophene rings is 1. The van der Waals surface area contributed by atoms with Gasteiger partial charge in [0, 0.05) is 18.3 Å². The molecule has 0 aliphatic rings. The Morgan fingerprint density at radius 1 is 1.18 bits per heavy atom. The minimum Gasteiger partial charge on any atom is -0.262 e. The molecule has 0 aliphatic carbocycles. The normalized spacial score (nSPS) is 10.6. The first-order valence-corrected chi connectivity index (χ1v) is 6.15. The molecule has 0 saturated heterocycles. The third-order valence-corrected chi connectivity index (χ3v) is 3.21. The number of aromatic nitrogens is 4. The Bertz CT molecular complexity index is 586. The van der Waals surface area contributed by atoms with Crippen molar-refractivity contribution in [2.75, 3.05) is 0 Å². The molecule has 0 unspecified atom stereocenters. The first-order valence-electron chi connectivity index (χ1n) is 5.27. The van der Waals surface area contributed by atoms with E-state index >= 15 is 0 Å². The summed E-state index contributed by atoms with van der Waals surface area (Å²) in [6.45, 7) is 0. The summed E-state index contributed by atoms with van der Waals surface area (Å²) in [4.78, 5) is 9.79. The van der Waals surface area contributed by atoms with Gasteiger partial charge in [0.25, 0.3) is 0 Å². The lowest BCUT2D eigenvalue weighted by molar-refractivity contribution is 0.942. The first kappa shape index (κ1) is 10.2. The number of H-pyrrole nitrogens is 1. The molecule has 5 heteroatoms. The molecule has 0 fully saturated rings. The molecule has 0 saturated carbocycles. The van der Waals surface area contributed by atoms with Crippen LogP contribution in [0.4, 0.5) is 0 Å². The SMILES string of the molecule is c1ccc(Cc2nc(-c3cccs3)n[nH]2)nc1. The Morgan fingerprint density at radius 3 is 2.94 bits per heavy atom. The van der Waals surface area contributed by atoms with Crippen molar-refractivity contribution in [1.29, 1.82) is 0 Å². The number of rotatable bonds is 3. The second kappa shape index (κ2) is 4.47. The minimum absolute atomic E-state index is 0.680. The van der Waals surface area contributed by atoms with Crippen molar-refractivity contribution < 1.29 is 0 Å². The fourth-order valence-corrected chi connectivity index (χ4v) is 2.22. The van der Waals surface area contributed by atoms with Crippen molar-refractivity contribution in [2.24, 2.45) is 0 Å². The summed E-state index contributed by atoms with van der Waals surface area (Å²) in [5.41, 5.74) is 0.987. The van der Waals surface area contributed by atoms with Crippen molar-refractivity contribution in [3.63, 3.8) is 0 Å². The highest BCUT2D eigenvalue weighted by Crippen LogP contribution is 2.20. The standard InChI is InChI=1S/C12H10N4S/c1-2-6-13-9(4-1)8-11-14-12(16-15-11)10-5-3-7-17-10/h1-7H,8H2,(H,14,15,16). The zero-order valence-electron chi connectivity index (χ0n) is 9.00. The van der Waals surface area contributed by atoms with Crippen LogP contribution in [0, 0.1) is 0 Å². The summed E-state index contributed by atoms with van der Waals surface area (Å²) in [5.74, 6) is 1.60. The Morgan fingerprint density at radius 2 is 2.18 bits per heavy atom. The molecule has 3 aromatic rings. The van der Waals surface area contributed by atoms with Gasteiger partial charge in [-0.05, 0) is 23.6 Å². The van der Waals surface area contributed by atoms with Gasteiger partial charge in [0.05, 0.1) is 4.88 Å². The molecular formula is C12H10N4S. The molecule has 3 rings (SSSR count). The largest absolute Gasteiger partial charge is 0.262 e. The number of hydrogen-bond acceptors (Lipinski definition) is 4. The highest BCUT2D eigenvalue weighted by atomic mass is 32.1. The fourth-order valence-electron chi connectivity index (χ4n) is 1.56. The van der Waals surface area contributed by atoms with Gasteiger partial charge in [-0.2, -0.15) is 5.10 Å². The Kier molecular flexibility index (Phi) is 2.67. The van der Waals surface area contributed by atoms with Crippen molar-refractivity contribution in [3.05, 3.63) is 53.4 Å². The van der Waals surface area contributed by atoms with E-state index in [9.17, 15) is 0 Å². The molecule has 1 N–H and O–H groups in total. The van der Waals surface area contributed by atoms with E-state index in [1.807, 2.05) is 35.7 Å². The van der Waals surface area contributed by atoms with Gasteiger partial charge in [0.1, 0.15) is 5.82 Å². The molecule has 0 atom stereocenters. The second-order valence-corrected chi connectivity index (χ2v) is 4.53. The van der Waals surface area contributed by atoms with E-state index in [4.69, 9.17) is 0 Å². The van der Waals surface area contributed by atoms with Crippen LogP contribution in [0.15, 0.2) is 41.9 Å². The molecule has 4 nitrogen and oxygen atoms in total.